The van der Waals surface area contributed by atoms with E-state index >= 15 is 0 Å². The highest BCUT2D eigenvalue weighted by molar-refractivity contribution is 4.81. The Kier molecular flexibility index (Phi) is 15.0. The molecule has 0 aromatic heterocycles. The Labute approximate surface area is 109 Å². The Hall–Kier alpha value is -0.520. The van der Waals surface area contributed by atoms with Gasteiger partial charge in [0.25, 0.3) is 0 Å². The number of unbranched alkanes of at least 4 members (excludes halogenated alkanes) is 10. The van der Waals surface area contributed by atoms with Crippen molar-refractivity contribution in [1.29, 1.82) is 0 Å². The van der Waals surface area contributed by atoms with Gasteiger partial charge in [-0.15, -0.1) is 6.58 Å². The maximum absolute atomic E-state index is 3.75. The van der Waals surface area contributed by atoms with Crippen molar-refractivity contribution in [1.82, 2.24) is 0 Å². The molecule has 0 rings (SSSR count). The van der Waals surface area contributed by atoms with Gasteiger partial charge in [0.15, 0.2) is 0 Å². The molecule has 0 aromatic carbocycles. The second-order valence-electron chi connectivity index (χ2n) is 4.95. The molecule has 0 aliphatic carbocycles. The third-order valence-corrected chi connectivity index (χ3v) is 3.17. The van der Waals surface area contributed by atoms with Crippen molar-refractivity contribution >= 4 is 0 Å². The lowest BCUT2D eigenvalue weighted by molar-refractivity contribution is 0.583. The summed E-state index contributed by atoms with van der Waals surface area (Å²) in [5, 5.41) is 0. The van der Waals surface area contributed by atoms with Gasteiger partial charge in [-0.25, -0.2) is 0 Å². The lowest BCUT2D eigenvalue weighted by Gasteiger charge is -2.00. The Morgan fingerprint density at radius 1 is 0.647 bits per heavy atom. The van der Waals surface area contributed by atoms with Crippen LogP contribution in [0.4, 0.5) is 0 Å². The van der Waals surface area contributed by atoms with Crippen LogP contribution in [-0.4, -0.2) is 0 Å². The summed E-state index contributed by atoms with van der Waals surface area (Å²) < 4.78 is 0. The van der Waals surface area contributed by atoms with Gasteiger partial charge < -0.3 is 0 Å². The minimum absolute atomic E-state index is 1.20. The molecule has 0 heteroatoms. The van der Waals surface area contributed by atoms with Crippen molar-refractivity contribution in [3.8, 4) is 0 Å². The molecule has 0 aromatic rings. The van der Waals surface area contributed by atoms with E-state index in [2.05, 4.69) is 25.7 Å². The van der Waals surface area contributed by atoms with Crippen LogP contribution in [-0.2, 0) is 0 Å². The summed E-state index contributed by atoms with van der Waals surface area (Å²) in [6.45, 7) is 6.00. The molecule has 0 heterocycles. The number of rotatable bonds is 13. The highest BCUT2D eigenvalue weighted by Gasteiger charge is 1.90. The molecule has 0 spiro atoms. The van der Waals surface area contributed by atoms with Crippen molar-refractivity contribution in [2.24, 2.45) is 0 Å². The Morgan fingerprint density at radius 2 is 1.12 bits per heavy atom. The summed E-state index contributed by atoms with van der Waals surface area (Å²) >= 11 is 0. The van der Waals surface area contributed by atoms with E-state index in [4.69, 9.17) is 0 Å². The van der Waals surface area contributed by atoms with Crippen LogP contribution in [0.3, 0.4) is 0 Å². The predicted molar refractivity (Wildman–Crippen MR) is 80.4 cm³/mol. The predicted octanol–water partition coefficient (Wildman–Crippen LogP) is 6.43. The zero-order valence-corrected chi connectivity index (χ0v) is 11.9. The highest BCUT2D eigenvalue weighted by atomic mass is 14.0. The van der Waals surface area contributed by atoms with Gasteiger partial charge in [-0.1, -0.05) is 70.1 Å². The van der Waals surface area contributed by atoms with E-state index in [0.29, 0.717) is 0 Å². The Bertz CT molecular complexity index is 167. The molecule has 0 aliphatic heterocycles. The van der Waals surface area contributed by atoms with Crippen LogP contribution in [0.1, 0.15) is 84.0 Å². The average Bonchev–Trinajstić information content (AvgIpc) is 2.35. The smallest absolute Gasteiger partial charge is 0.0351 e. The van der Waals surface area contributed by atoms with Crippen LogP contribution < -0.4 is 0 Å². The van der Waals surface area contributed by atoms with Gasteiger partial charge in [0.05, 0.1) is 0 Å². The van der Waals surface area contributed by atoms with E-state index in [9.17, 15) is 0 Å². The monoisotopic (exact) mass is 236 g/mol. The van der Waals surface area contributed by atoms with Gasteiger partial charge in [-0.05, 0) is 32.1 Å². The molecule has 0 nitrogen and oxygen atoms in total. The number of hydrogen-bond acceptors (Lipinski definition) is 0. The van der Waals surface area contributed by atoms with E-state index in [1.54, 1.807) is 0 Å². The quantitative estimate of drug-likeness (QED) is 0.255. The second-order valence-corrected chi connectivity index (χ2v) is 4.95. The molecular formula is C17H32. The van der Waals surface area contributed by atoms with Crippen LogP contribution in [0, 0.1) is 0 Å². The summed E-state index contributed by atoms with van der Waals surface area (Å²) in [6.07, 6.45) is 23.0. The van der Waals surface area contributed by atoms with Gasteiger partial charge in [-0.2, -0.15) is 0 Å². The minimum atomic E-state index is 1.20. The zero-order valence-electron chi connectivity index (χ0n) is 11.9. The number of hydrogen-bond donors (Lipinski definition) is 0. The molecule has 0 bridgehead atoms. The van der Waals surface area contributed by atoms with Gasteiger partial charge in [0.1, 0.15) is 0 Å². The number of allylic oxidation sites excluding steroid dienone is 3. The van der Waals surface area contributed by atoms with Crippen LogP contribution in [0.5, 0.6) is 0 Å². The van der Waals surface area contributed by atoms with Crippen LogP contribution in [0.15, 0.2) is 24.8 Å². The topological polar surface area (TPSA) is 0 Å². The maximum atomic E-state index is 3.75. The molecule has 0 saturated heterocycles. The fourth-order valence-electron chi connectivity index (χ4n) is 1.99. The molecule has 100 valence electrons. The molecule has 0 unspecified atom stereocenters. The molecule has 0 radical (unpaired) electrons. The molecule has 0 N–H and O–H groups in total. The molecule has 0 atom stereocenters. The van der Waals surface area contributed by atoms with E-state index in [1.165, 1.54) is 77.0 Å². The summed E-state index contributed by atoms with van der Waals surface area (Å²) in [5.74, 6) is 0. The van der Waals surface area contributed by atoms with Gasteiger partial charge in [0, 0.05) is 0 Å². The first-order valence-electron chi connectivity index (χ1n) is 7.67. The first-order chi connectivity index (χ1) is 8.41. The second kappa shape index (κ2) is 15.5. The van der Waals surface area contributed by atoms with Gasteiger partial charge in [0.2, 0.25) is 0 Å². The van der Waals surface area contributed by atoms with Crippen LogP contribution >= 0.6 is 0 Å². The maximum Gasteiger partial charge on any atom is -0.0351 e. The Balaban J connectivity index is 2.98. The summed E-state index contributed by atoms with van der Waals surface area (Å²) in [4.78, 5) is 0. The van der Waals surface area contributed by atoms with Crippen molar-refractivity contribution in [2.45, 2.75) is 84.0 Å². The van der Waals surface area contributed by atoms with Gasteiger partial charge >= 0.3 is 0 Å². The van der Waals surface area contributed by atoms with E-state index in [1.807, 2.05) is 6.08 Å². The van der Waals surface area contributed by atoms with Crippen molar-refractivity contribution < 1.29 is 0 Å². The van der Waals surface area contributed by atoms with E-state index in [0.717, 1.165) is 0 Å². The van der Waals surface area contributed by atoms with Crippen molar-refractivity contribution in [2.75, 3.05) is 0 Å². The summed E-state index contributed by atoms with van der Waals surface area (Å²) in [5.41, 5.74) is 0. The SMILES string of the molecule is C=CCCCCCCCCC/C=C\CCCC. The third-order valence-electron chi connectivity index (χ3n) is 3.17. The van der Waals surface area contributed by atoms with Crippen LogP contribution in [0.2, 0.25) is 0 Å². The standard InChI is InChI=1S/C17H32/c1-3-5-7-9-11-13-15-17-16-14-12-10-8-6-4-2/h3,10,12H,1,4-9,11,13-17H2,2H3/b12-10-. The summed E-state index contributed by atoms with van der Waals surface area (Å²) in [7, 11) is 0. The molecular weight excluding hydrogens is 204 g/mol. The zero-order chi connectivity index (χ0) is 12.6. The molecule has 17 heavy (non-hydrogen) atoms. The van der Waals surface area contributed by atoms with E-state index in [-0.39, 0.29) is 0 Å². The molecule has 0 amide bonds. The minimum Gasteiger partial charge on any atom is -0.103 e. The lowest BCUT2D eigenvalue weighted by Crippen LogP contribution is -1.80. The largest absolute Gasteiger partial charge is 0.103 e. The van der Waals surface area contributed by atoms with E-state index < -0.39 is 0 Å². The third kappa shape index (κ3) is 15.5. The van der Waals surface area contributed by atoms with Gasteiger partial charge in [-0.3, -0.25) is 0 Å². The first-order valence-corrected chi connectivity index (χ1v) is 7.67. The molecule has 0 saturated carbocycles. The Morgan fingerprint density at radius 3 is 1.65 bits per heavy atom. The fourth-order valence-corrected chi connectivity index (χ4v) is 1.99. The lowest BCUT2D eigenvalue weighted by atomic mass is 10.1. The highest BCUT2D eigenvalue weighted by Crippen LogP contribution is 2.10. The van der Waals surface area contributed by atoms with Crippen LogP contribution in [0.25, 0.3) is 0 Å². The molecule has 0 aliphatic rings. The normalized spacial score (nSPS) is 11.1. The summed E-state index contributed by atoms with van der Waals surface area (Å²) in [6, 6.07) is 0. The first kappa shape index (κ1) is 16.5. The average molecular weight is 236 g/mol. The van der Waals surface area contributed by atoms with Crippen molar-refractivity contribution in [3.05, 3.63) is 24.8 Å². The van der Waals surface area contributed by atoms with Crippen molar-refractivity contribution in [3.63, 3.8) is 0 Å². The fraction of sp³-hybridized carbons (Fsp3) is 0.765. The molecule has 0 fully saturated rings.